The molecule has 0 saturated carbocycles. The fourth-order valence-electron chi connectivity index (χ4n) is 5.14. The lowest BCUT2D eigenvalue weighted by molar-refractivity contribution is -0.145. The number of nitrogens with two attached hydrogens (primary N) is 1. The minimum Gasteiger partial charge on any atom is -0.468 e. The van der Waals surface area contributed by atoms with Crippen LogP contribution in [0, 0.1) is 0 Å². The lowest BCUT2D eigenvalue weighted by atomic mass is 10.0. The van der Waals surface area contributed by atoms with E-state index in [0.29, 0.717) is 19.3 Å². The molecular formula is C36H54N4O5. The molecule has 2 aromatic carbocycles. The molecule has 0 aliphatic rings. The molecule has 0 aliphatic heterocycles. The fraction of sp³-hybridized carbons (Fsp3) is 0.472. The highest BCUT2D eigenvalue weighted by Crippen LogP contribution is 2.20. The van der Waals surface area contributed by atoms with E-state index in [4.69, 9.17) is 10.5 Å². The summed E-state index contributed by atoms with van der Waals surface area (Å²) < 4.78 is 9.49. The number of benzene rings is 2. The number of amides is 1. The van der Waals surface area contributed by atoms with E-state index >= 15 is 0 Å². The van der Waals surface area contributed by atoms with Crippen molar-refractivity contribution < 1.29 is 23.9 Å². The minimum absolute atomic E-state index is 0. The number of carbonyl (C=O) groups excluding carboxylic acids is 3. The number of aromatic nitrogens is 2. The number of hydrogen-bond donors (Lipinski definition) is 4. The number of methoxy groups -OCH3 is 2. The van der Waals surface area contributed by atoms with Crippen molar-refractivity contribution in [2.24, 2.45) is 5.73 Å². The zero-order chi connectivity index (χ0) is 31.0. The van der Waals surface area contributed by atoms with Gasteiger partial charge in [0.2, 0.25) is 5.91 Å². The van der Waals surface area contributed by atoms with Gasteiger partial charge < -0.3 is 30.5 Å². The molecule has 0 spiro atoms. The Morgan fingerprint density at radius 2 is 1.22 bits per heavy atom. The van der Waals surface area contributed by atoms with Crippen LogP contribution in [0.15, 0.2) is 60.9 Å². The molecule has 0 bridgehead atoms. The summed E-state index contributed by atoms with van der Waals surface area (Å²) in [5.41, 5.74) is 9.82. The Morgan fingerprint density at radius 3 is 1.76 bits per heavy atom. The zero-order valence-electron chi connectivity index (χ0n) is 25.6. The predicted molar refractivity (Wildman–Crippen MR) is 184 cm³/mol. The van der Waals surface area contributed by atoms with E-state index in [2.05, 4.69) is 26.9 Å². The van der Waals surface area contributed by atoms with Crippen LogP contribution >= 0.6 is 0 Å². The van der Waals surface area contributed by atoms with Crippen LogP contribution in [0.5, 0.6) is 0 Å². The quantitative estimate of drug-likeness (QED) is 0.0832. The summed E-state index contributed by atoms with van der Waals surface area (Å²) in [6, 6.07) is 14.6. The van der Waals surface area contributed by atoms with Gasteiger partial charge in [0, 0.05) is 53.5 Å². The average molecular weight is 623 g/mol. The molecule has 9 nitrogen and oxygen atoms in total. The Hall–Kier alpha value is -4.11. The molecule has 248 valence electrons. The summed E-state index contributed by atoms with van der Waals surface area (Å²) in [4.78, 5) is 42.0. The summed E-state index contributed by atoms with van der Waals surface area (Å²) >= 11 is 0. The fourth-order valence-corrected chi connectivity index (χ4v) is 5.14. The van der Waals surface area contributed by atoms with Crippen molar-refractivity contribution in [1.82, 2.24) is 15.3 Å². The number of fused-ring (bicyclic) bond motifs is 2. The predicted octanol–water partition coefficient (Wildman–Crippen LogP) is 6.99. The first-order valence-corrected chi connectivity index (χ1v) is 15.2. The van der Waals surface area contributed by atoms with Crippen LogP contribution in [-0.2, 0) is 36.7 Å². The van der Waals surface area contributed by atoms with Crippen molar-refractivity contribution >= 4 is 39.7 Å². The number of esters is 2. The average Bonchev–Trinajstić information content (AvgIpc) is 3.63. The molecule has 2 unspecified atom stereocenters. The zero-order valence-corrected chi connectivity index (χ0v) is 25.6. The number of hydrogen-bond acceptors (Lipinski definition) is 6. The maximum Gasteiger partial charge on any atom is 0.328 e. The Labute approximate surface area is 268 Å². The van der Waals surface area contributed by atoms with Crippen molar-refractivity contribution in [3.8, 4) is 0 Å². The standard InChI is InChI=1S/C22H32N2O3.C12H14N2O2.2CH4/c1-3-4-5-6-7-8-9-14-21(25)24-20(22(26)27-2)15-17-16-23-19-13-11-10-12-18(17)19;1-16-12(15)10(13)6-8-7-14-11-5-3-2-4-9(8)11;;/h10-13,16,20,23H,3-9,14-15H2,1-2H3,(H,24,25);2-5,7,10,14H,6,13H2,1H3;2*1H4. The number of rotatable bonds is 15. The van der Waals surface area contributed by atoms with Gasteiger partial charge in [0.25, 0.3) is 0 Å². The molecule has 0 saturated heterocycles. The van der Waals surface area contributed by atoms with E-state index in [1.54, 1.807) is 0 Å². The molecule has 9 heteroatoms. The van der Waals surface area contributed by atoms with E-state index in [9.17, 15) is 14.4 Å². The van der Waals surface area contributed by atoms with Crippen LogP contribution in [0.25, 0.3) is 21.8 Å². The van der Waals surface area contributed by atoms with E-state index in [0.717, 1.165) is 45.8 Å². The van der Waals surface area contributed by atoms with Crippen LogP contribution < -0.4 is 11.1 Å². The highest BCUT2D eigenvalue weighted by molar-refractivity contribution is 5.87. The number of nitrogens with one attached hydrogen (secondary N) is 3. The second kappa shape index (κ2) is 20.8. The second-order valence-electron chi connectivity index (χ2n) is 10.8. The Bertz CT molecular complexity index is 1440. The molecule has 4 rings (SSSR count). The third-order valence-corrected chi connectivity index (χ3v) is 7.55. The van der Waals surface area contributed by atoms with Crippen LogP contribution in [0.1, 0.15) is 84.3 Å². The van der Waals surface area contributed by atoms with Gasteiger partial charge >= 0.3 is 11.9 Å². The summed E-state index contributed by atoms with van der Waals surface area (Å²) in [5, 5.41) is 5.02. The molecule has 45 heavy (non-hydrogen) atoms. The molecule has 0 fully saturated rings. The summed E-state index contributed by atoms with van der Waals surface area (Å²) in [6.45, 7) is 2.21. The Kier molecular flexibility index (Phi) is 18.0. The number of ether oxygens (including phenoxy) is 2. The van der Waals surface area contributed by atoms with Crippen molar-refractivity contribution in [1.29, 1.82) is 0 Å². The molecule has 4 aromatic rings. The van der Waals surface area contributed by atoms with Crippen LogP contribution in [0.2, 0.25) is 0 Å². The SMILES string of the molecule is C.C.CCCCCCCCCC(=O)NC(Cc1c[nH]c2ccccc12)C(=O)OC.COC(=O)C(N)Cc1c[nH]c2ccccc12. The maximum absolute atomic E-state index is 12.3. The normalized spacial score (nSPS) is 11.7. The molecule has 0 radical (unpaired) electrons. The highest BCUT2D eigenvalue weighted by atomic mass is 16.5. The highest BCUT2D eigenvalue weighted by Gasteiger charge is 2.23. The maximum atomic E-state index is 12.3. The summed E-state index contributed by atoms with van der Waals surface area (Å²) in [6.07, 6.45) is 13.3. The van der Waals surface area contributed by atoms with Gasteiger partial charge in [-0.15, -0.1) is 0 Å². The van der Waals surface area contributed by atoms with Crippen LogP contribution in [0.3, 0.4) is 0 Å². The molecular weight excluding hydrogens is 568 g/mol. The number of H-pyrrole nitrogens is 2. The first kappa shape index (κ1) is 38.9. The number of para-hydroxylation sites is 2. The van der Waals surface area contributed by atoms with Gasteiger partial charge in [-0.3, -0.25) is 9.59 Å². The third-order valence-electron chi connectivity index (χ3n) is 7.55. The molecule has 2 heterocycles. The van der Waals surface area contributed by atoms with E-state index in [1.807, 2.05) is 60.9 Å². The van der Waals surface area contributed by atoms with Crippen LogP contribution in [0.4, 0.5) is 0 Å². The van der Waals surface area contributed by atoms with E-state index in [-0.39, 0.29) is 26.7 Å². The van der Waals surface area contributed by atoms with Crippen molar-refractivity contribution in [3.63, 3.8) is 0 Å². The van der Waals surface area contributed by atoms with Gasteiger partial charge in [0.05, 0.1) is 14.2 Å². The largest absolute Gasteiger partial charge is 0.468 e. The van der Waals surface area contributed by atoms with Gasteiger partial charge in [-0.05, 0) is 29.7 Å². The van der Waals surface area contributed by atoms with E-state index < -0.39 is 18.1 Å². The van der Waals surface area contributed by atoms with Gasteiger partial charge in [-0.1, -0.05) is 96.7 Å². The van der Waals surface area contributed by atoms with E-state index in [1.165, 1.54) is 46.3 Å². The number of unbranched alkanes of at least 4 members (excludes halogenated alkanes) is 6. The van der Waals surface area contributed by atoms with Crippen molar-refractivity contribution in [2.45, 2.75) is 98.1 Å². The smallest absolute Gasteiger partial charge is 0.328 e. The minimum atomic E-state index is -0.661. The third kappa shape index (κ3) is 12.1. The molecule has 2 aromatic heterocycles. The monoisotopic (exact) mass is 622 g/mol. The second-order valence-corrected chi connectivity index (χ2v) is 10.8. The lowest BCUT2D eigenvalue weighted by Crippen LogP contribution is -2.42. The lowest BCUT2D eigenvalue weighted by Gasteiger charge is -2.16. The van der Waals surface area contributed by atoms with Crippen molar-refractivity contribution in [2.75, 3.05) is 14.2 Å². The van der Waals surface area contributed by atoms with Gasteiger partial charge in [-0.2, -0.15) is 0 Å². The molecule has 5 N–H and O–H groups in total. The molecule has 2 atom stereocenters. The summed E-state index contributed by atoms with van der Waals surface area (Å²) in [5.74, 6) is -0.878. The van der Waals surface area contributed by atoms with Crippen LogP contribution in [-0.4, -0.2) is 54.1 Å². The number of carbonyl (C=O) groups is 3. The first-order valence-electron chi connectivity index (χ1n) is 15.2. The molecule has 0 aliphatic carbocycles. The van der Waals surface area contributed by atoms with Gasteiger partial charge in [0.15, 0.2) is 0 Å². The number of aromatic amines is 2. The van der Waals surface area contributed by atoms with Crippen molar-refractivity contribution in [3.05, 3.63) is 72.1 Å². The van der Waals surface area contributed by atoms with Gasteiger partial charge in [-0.25, -0.2) is 4.79 Å². The first-order chi connectivity index (χ1) is 20.9. The Morgan fingerprint density at radius 1 is 0.733 bits per heavy atom. The van der Waals surface area contributed by atoms with Gasteiger partial charge in [0.1, 0.15) is 12.1 Å². The topological polar surface area (TPSA) is 139 Å². The molecule has 1 amide bonds. The Balaban J connectivity index is 0.000000482. The summed E-state index contributed by atoms with van der Waals surface area (Å²) in [7, 11) is 2.70.